The Kier molecular flexibility index (Phi) is 7.03. The second-order valence-corrected chi connectivity index (χ2v) is 5.55. The molecular formula is C21H22O7. The Morgan fingerprint density at radius 2 is 1.36 bits per heavy atom. The lowest BCUT2D eigenvalue weighted by Crippen LogP contribution is -2.11. The van der Waals surface area contributed by atoms with Crippen molar-refractivity contribution in [2.45, 2.75) is 0 Å². The predicted octanol–water partition coefficient (Wildman–Crippen LogP) is 3.46. The Bertz CT molecular complexity index is 900. The highest BCUT2D eigenvalue weighted by atomic mass is 16.5. The van der Waals surface area contributed by atoms with Gasteiger partial charge in [-0.1, -0.05) is 18.2 Å². The third-order valence-corrected chi connectivity index (χ3v) is 4.04. The lowest BCUT2D eigenvalue weighted by molar-refractivity contribution is 0.0555. The van der Waals surface area contributed by atoms with Crippen molar-refractivity contribution in [2.75, 3.05) is 35.5 Å². The molecule has 0 spiro atoms. The Hall–Kier alpha value is -3.48. The highest BCUT2D eigenvalue weighted by molar-refractivity contribution is 6.03. The summed E-state index contributed by atoms with van der Waals surface area (Å²) >= 11 is 0. The van der Waals surface area contributed by atoms with Crippen molar-refractivity contribution in [1.29, 1.82) is 0 Å². The molecule has 7 nitrogen and oxygen atoms in total. The first-order chi connectivity index (χ1) is 13.5. The van der Waals surface area contributed by atoms with Gasteiger partial charge in [0.05, 0.1) is 46.7 Å². The summed E-state index contributed by atoms with van der Waals surface area (Å²) in [5.41, 5.74) is 1.69. The molecule has 148 valence electrons. The van der Waals surface area contributed by atoms with E-state index >= 15 is 0 Å². The maximum atomic E-state index is 12.0. The van der Waals surface area contributed by atoms with E-state index in [1.165, 1.54) is 34.5 Å². The Labute approximate surface area is 163 Å². The van der Waals surface area contributed by atoms with Gasteiger partial charge in [-0.15, -0.1) is 0 Å². The van der Waals surface area contributed by atoms with Gasteiger partial charge in [0, 0.05) is 5.56 Å². The van der Waals surface area contributed by atoms with Gasteiger partial charge in [-0.3, -0.25) is 0 Å². The van der Waals surface area contributed by atoms with E-state index in [-0.39, 0.29) is 11.1 Å². The van der Waals surface area contributed by atoms with Gasteiger partial charge in [-0.2, -0.15) is 0 Å². The third kappa shape index (κ3) is 4.25. The number of esters is 2. The monoisotopic (exact) mass is 386 g/mol. The Morgan fingerprint density at radius 1 is 0.714 bits per heavy atom. The number of ether oxygens (including phenoxy) is 5. The van der Waals surface area contributed by atoms with Gasteiger partial charge in [-0.05, 0) is 29.8 Å². The molecule has 7 heteroatoms. The first-order valence-electron chi connectivity index (χ1n) is 8.28. The second kappa shape index (κ2) is 9.45. The summed E-state index contributed by atoms with van der Waals surface area (Å²) in [6.45, 7) is 0. The van der Waals surface area contributed by atoms with Crippen LogP contribution in [0.15, 0.2) is 30.3 Å². The lowest BCUT2D eigenvalue weighted by Gasteiger charge is -2.14. The van der Waals surface area contributed by atoms with Gasteiger partial charge in [-0.25, -0.2) is 9.59 Å². The molecule has 2 rings (SSSR count). The van der Waals surface area contributed by atoms with Gasteiger partial charge in [0.2, 0.25) is 5.75 Å². The molecule has 0 fully saturated rings. The van der Waals surface area contributed by atoms with Crippen molar-refractivity contribution in [2.24, 2.45) is 0 Å². The summed E-state index contributed by atoms with van der Waals surface area (Å²) in [6.07, 6.45) is 3.58. The van der Waals surface area contributed by atoms with Gasteiger partial charge >= 0.3 is 11.9 Å². The zero-order valence-electron chi connectivity index (χ0n) is 16.4. The van der Waals surface area contributed by atoms with E-state index in [0.717, 1.165) is 5.56 Å². The molecule has 0 N–H and O–H groups in total. The summed E-state index contributed by atoms with van der Waals surface area (Å²) in [5, 5.41) is 0. The highest BCUT2D eigenvalue weighted by Crippen LogP contribution is 2.40. The first kappa shape index (κ1) is 20.8. The van der Waals surface area contributed by atoms with Crippen molar-refractivity contribution < 1.29 is 33.3 Å². The molecule has 0 saturated carbocycles. The van der Waals surface area contributed by atoms with E-state index in [9.17, 15) is 9.59 Å². The van der Waals surface area contributed by atoms with E-state index in [1.54, 1.807) is 37.5 Å². The average Bonchev–Trinajstić information content (AvgIpc) is 2.75. The molecule has 0 radical (unpaired) electrons. The fraction of sp³-hybridized carbons (Fsp3) is 0.238. The summed E-state index contributed by atoms with van der Waals surface area (Å²) in [6, 6.07) is 8.36. The molecule has 0 aliphatic rings. The summed E-state index contributed by atoms with van der Waals surface area (Å²) in [7, 11) is 7.11. The van der Waals surface area contributed by atoms with Crippen LogP contribution in [-0.4, -0.2) is 47.5 Å². The summed E-state index contributed by atoms with van der Waals surface area (Å²) in [5.74, 6) is 0.296. The van der Waals surface area contributed by atoms with Crippen molar-refractivity contribution in [1.82, 2.24) is 0 Å². The van der Waals surface area contributed by atoms with Crippen molar-refractivity contribution in [3.05, 3.63) is 52.6 Å². The minimum absolute atomic E-state index is 0.121. The van der Waals surface area contributed by atoms with Crippen molar-refractivity contribution in [3.8, 4) is 17.2 Å². The SMILES string of the molecule is COC(=O)c1ccc(C=Cc2ccc(OC)c(OC)c2OC)cc1C(=O)OC. The first-order valence-corrected chi connectivity index (χ1v) is 8.28. The highest BCUT2D eigenvalue weighted by Gasteiger charge is 2.19. The lowest BCUT2D eigenvalue weighted by atomic mass is 10.0. The smallest absolute Gasteiger partial charge is 0.338 e. The van der Waals surface area contributed by atoms with Crippen LogP contribution in [0.5, 0.6) is 17.2 Å². The molecule has 0 atom stereocenters. The van der Waals surface area contributed by atoms with Gasteiger partial charge in [0.15, 0.2) is 11.5 Å². The number of carbonyl (C=O) groups excluding carboxylic acids is 2. The molecule has 0 unspecified atom stereocenters. The molecule has 2 aromatic rings. The number of rotatable bonds is 7. The fourth-order valence-corrected chi connectivity index (χ4v) is 2.67. The average molecular weight is 386 g/mol. The summed E-state index contributed by atoms with van der Waals surface area (Å²) < 4.78 is 25.6. The van der Waals surface area contributed by atoms with Crippen LogP contribution in [0.2, 0.25) is 0 Å². The van der Waals surface area contributed by atoms with E-state index in [4.69, 9.17) is 23.7 Å². The van der Waals surface area contributed by atoms with Gasteiger partial charge in [0.25, 0.3) is 0 Å². The second-order valence-electron chi connectivity index (χ2n) is 5.55. The quantitative estimate of drug-likeness (QED) is 0.532. The van der Waals surface area contributed by atoms with E-state index in [2.05, 4.69) is 0 Å². The summed E-state index contributed by atoms with van der Waals surface area (Å²) in [4.78, 5) is 23.9. The van der Waals surface area contributed by atoms with Crippen LogP contribution in [0.4, 0.5) is 0 Å². The number of methoxy groups -OCH3 is 5. The van der Waals surface area contributed by atoms with E-state index in [1.807, 2.05) is 6.07 Å². The van der Waals surface area contributed by atoms with Crippen molar-refractivity contribution in [3.63, 3.8) is 0 Å². The molecule has 0 aliphatic carbocycles. The maximum absolute atomic E-state index is 12.0. The molecule has 28 heavy (non-hydrogen) atoms. The molecule has 0 aromatic heterocycles. The normalized spacial score (nSPS) is 10.5. The zero-order valence-corrected chi connectivity index (χ0v) is 16.4. The minimum Gasteiger partial charge on any atom is -0.493 e. The van der Waals surface area contributed by atoms with Crippen molar-refractivity contribution >= 4 is 24.1 Å². The largest absolute Gasteiger partial charge is 0.493 e. The zero-order chi connectivity index (χ0) is 20.7. The third-order valence-electron chi connectivity index (χ3n) is 4.04. The topological polar surface area (TPSA) is 80.3 Å². The van der Waals surface area contributed by atoms with Crippen LogP contribution < -0.4 is 14.2 Å². The predicted molar refractivity (Wildman–Crippen MR) is 104 cm³/mol. The molecule has 0 bridgehead atoms. The van der Waals surface area contributed by atoms with E-state index in [0.29, 0.717) is 22.8 Å². The minimum atomic E-state index is -0.626. The molecule has 0 aliphatic heterocycles. The van der Waals surface area contributed by atoms with Crippen LogP contribution in [-0.2, 0) is 9.47 Å². The van der Waals surface area contributed by atoms with E-state index < -0.39 is 11.9 Å². The Balaban J connectivity index is 2.47. The van der Waals surface area contributed by atoms with Crippen LogP contribution in [0.25, 0.3) is 12.2 Å². The number of carbonyl (C=O) groups is 2. The van der Waals surface area contributed by atoms with Crippen LogP contribution in [0, 0.1) is 0 Å². The number of hydrogen-bond acceptors (Lipinski definition) is 7. The molecule has 2 aromatic carbocycles. The number of hydrogen-bond donors (Lipinski definition) is 0. The van der Waals surface area contributed by atoms with Gasteiger partial charge < -0.3 is 23.7 Å². The van der Waals surface area contributed by atoms with Crippen LogP contribution >= 0.6 is 0 Å². The fourth-order valence-electron chi connectivity index (χ4n) is 2.67. The van der Waals surface area contributed by atoms with Crippen LogP contribution in [0.3, 0.4) is 0 Å². The van der Waals surface area contributed by atoms with Crippen LogP contribution in [0.1, 0.15) is 31.8 Å². The maximum Gasteiger partial charge on any atom is 0.338 e. The molecule has 0 heterocycles. The molecular weight excluding hydrogens is 364 g/mol. The molecule has 0 saturated heterocycles. The number of benzene rings is 2. The molecule has 0 amide bonds. The van der Waals surface area contributed by atoms with Gasteiger partial charge in [0.1, 0.15) is 0 Å². The standard InChI is InChI=1S/C21H22O7/c1-24-17-11-9-14(18(25-2)19(17)26-3)8-6-13-7-10-15(20(22)27-4)16(12-13)21(23)28-5/h6-12H,1-5H3. The Morgan fingerprint density at radius 3 is 1.93 bits per heavy atom.